The van der Waals surface area contributed by atoms with E-state index in [2.05, 4.69) is 10.1 Å². The van der Waals surface area contributed by atoms with Crippen LogP contribution in [0.1, 0.15) is 30.4 Å². The van der Waals surface area contributed by atoms with Crippen LogP contribution in [-0.2, 0) is 13.1 Å². The van der Waals surface area contributed by atoms with E-state index in [1.807, 2.05) is 6.07 Å². The molecule has 0 spiro atoms. The van der Waals surface area contributed by atoms with Crippen LogP contribution in [0, 0.1) is 17.1 Å². The van der Waals surface area contributed by atoms with Crippen molar-refractivity contribution in [1.82, 2.24) is 23.9 Å². The van der Waals surface area contributed by atoms with Gasteiger partial charge < -0.3 is 10.2 Å². The van der Waals surface area contributed by atoms with E-state index >= 15 is 0 Å². The summed E-state index contributed by atoms with van der Waals surface area (Å²) in [4.78, 5) is 17.5. The van der Waals surface area contributed by atoms with Gasteiger partial charge >= 0.3 is 11.9 Å². The Kier molecular flexibility index (Phi) is 7.85. The topological polar surface area (TPSA) is 122 Å². The van der Waals surface area contributed by atoms with Crippen LogP contribution < -0.4 is 5.69 Å². The van der Waals surface area contributed by atoms with Crippen molar-refractivity contribution in [2.75, 3.05) is 0 Å². The van der Waals surface area contributed by atoms with E-state index in [-0.39, 0.29) is 39.3 Å². The van der Waals surface area contributed by atoms with Gasteiger partial charge in [0.25, 0.3) is 0 Å². The first-order valence-corrected chi connectivity index (χ1v) is 11.9. The highest BCUT2D eigenvalue weighted by Crippen LogP contribution is 2.28. The predicted molar refractivity (Wildman–Crippen MR) is 132 cm³/mol. The van der Waals surface area contributed by atoms with E-state index < -0.39 is 43.0 Å². The van der Waals surface area contributed by atoms with Crippen LogP contribution >= 0.6 is 23.2 Å². The number of hydrogen-bond donors (Lipinski definition) is 2. The quantitative estimate of drug-likeness (QED) is 0.313. The van der Waals surface area contributed by atoms with Gasteiger partial charge in [0.1, 0.15) is 23.7 Å². The Morgan fingerprint density at radius 3 is 2.31 bits per heavy atom. The van der Waals surface area contributed by atoms with Crippen molar-refractivity contribution in [3.63, 3.8) is 0 Å². The zero-order valence-electron chi connectivity index (χ0n) is 19.9. The normalized spacial score (nSPS) is 13.3. The van der Waals surface area contributed by atoms with E-state index in [9.17, 15) is 37.8 Å². The lowest BCUT2D eigenvalue weighted by Gasteiger charge is -2.16. The maximum Gasteiger partial charge on any atom is 0.416 e. The number of alkyl halides is 3. The second kappa shape index (κ2) is 10.8. The van der Waals surface area contributed by atoms with Gasteiger partial charge in [-0.15, -0.1) is 5.10 Å². The largest absolute Gasteiger partial charge is 0.416 e. The van der Waals surface area contributed by atoms with Crippen LogP contribution in [0.5, 0.6) is 0 Å². The van der Waals surface area contributed by atoms with Crippen LogP contribution in [-0.4, -0.2) is 46.4 Å². The molecule has 0 aliphatic carbocycles. The Bertz CT molecular complexity index is 1600. The number of imidazole rings is 1. The van der Waals surface area contributed by atoms with Crippen molar-refractivity contribution >= 4 is 23.2 Å². The highest BCUT2D eigenvalue weighted by atomic mass is 35.5. The summed E-state index contributed by atoms with van der Waals surface area (Å²) in [6.45, 7) is -0.330. The van der Waals surface area contributed by atoms with E-state index in [1.165, 1.54) is 37.3 Å². The van der Waals surface area contributed by atoms with Gasteiger partial charge in [-0.1, -0.05) is 35.3 Å². The Balaban J connectivity index is 1.88. The highest BCUT2D eigenvalue weighted by molar-refractivity contribution is 6.31. The summed E-state index contributed by atoms with van der Waals surface area (Å²) in [5, 5.41) is 34.4. The van der Waals surface area contributed by atoms with Crippen LogP contribution in [0.15, 0.2) is 47.3 Å². The molecule has 9 nitrogen and oxygen atoms in total. The molecule has 39 heavy (non-hydrogen) atoms. The summed E-state index contributed by atoms with van der Waals surface area (Å²) in [6.07, 6.45) is -9.15. The molecule has 2 atom stereocenters. The van der Waals surface area contributed by atoms with Gasteiger partial charge in [-0.05, 0) is 37.3 Å². The lowest BCUT2D eigenvalue weighted by Crippen LogP contribution is -2.37. The fourth-order valence-electron chi connectivity index (χ4n) is 3.90. The van der Waals surface area contributed by atoms with Crippen LogP contribution in [0.2, 0.25) is 10.0 Å². The number of rotatable bonds is 7. The molecule has 204 valence electrons. The number of halogens is 6. The van der Waals surface area contributed by atoms with Gasteiger partial charge in [0, 0.05) is 15.6 Å². The molecule has 2 unspecified atom stereocenters. The van der Waals surface area contributed by atoms with Crippen molar-refractivity contribution in [1.29, 1.82) is 5.26 Å². The average Bonchev–Trinajstić information content (AvgIpc) is 3.38. The van der Waals surface area contributed by atoms with E-state index in [0.717, 1.165) is 21.4 Å². The number of nitriles is 1. The molecule has 0 aliphatic rings. The first-order chi connectivity index (χ1) is 18.3. The lowest BCUT2D eigenvalue weighted by atomic mass is 10.1. The molecule has 0 saturated heterocycles. The number of aliphatic hydroxyl groups is 2. The third-order valence-electron chi connectivity index (χ3n) is 5.62. The first-order valence-electron chi connectivity index (χ1n) is 11.1. The summed E-state index contributed by atoms with van der Waals surface area (Å²) < 4.78 is 56.1. The third-order valence-corrected chi connectivity index (χ3v) is 6.09. The lowest BCUT2D eigenvalue weighted by molar-refractivity contribution is -0.207. The maximum absolute atomic E-state index is 14.0. The van der Waals surface area contributed by atoms with Crippen molar-refractivity contribution < 1.29 is 27.8 Å². The molecule has 0 radical (unpaired) electrons. The molecular weight excluding hydrogens is 567 g/mol. The Labute approximate surface area is 227 Å². The molecule has 2 aromatic heterocycles. The smallest absolute Gasteiger partial charge is 0.385 e. The Morgan fingerprint density at radius 1 is 1.08 bits per heavy atom. The summed E-state index contributed by atoms with van der Waals surface area (Å²) >= 11 is 11.8. The zero-order chi connectivity index (χ0) is 28.6. The minimum atomic E-state index is -5.04. The summed E-state index contributed by atoms with van der Waals surface area (Å²) in [6, 6.07) is 11.0. The van der Waals surface area contributed by atoms with Gasteiger partial charge in [0.15, 0.2) is 17.8 Å². The number of benzene rings is 2. The zero-order valence-corrected chi connectivity index (χ0v) is 21.4. The molecule has 2 heterocycles. The molecule has 2 N–H and O–H groups in total. The number of nitrogens with zero attached hydrogens (tertiary/aromatic N) is 6. The predicted octanol–water partition coefficient (Wildman–Crippen LogP) is 4.24. The summed E-state index contributed by atoms with van der Waals surface area (Å²) in [5.41, 5.74) is -1.27. The van der Waals surface area contributed by atoms with Crippen molar-refractivity contribution in [3.8, 4) is 23.0 Å². The maximum atomic E-state index is 14.0. The fraction of sp³-hybridized carbons (Fsp3) is 0.250. The molecule has 15 heteroatoms. The van der Waals surface area contributed by atoms with Crippen molar-refractivity contribution in [2.45, 2.75) is 38.4 Å². The molecule has 0 saturated carbocycles. The van der Waals surface area contributed by atoms with E-state index in [0.29, 0.717) is 9.59 Å². The molecular formula is C24H18Cl2F4N6O3. The van der Waals surface area contributed by atoms with Crippen molar-refractivity contribution in [2.24, 2.45) is 0 Å². The second-order valence-corrected chi connectivity index (χ2v) is 9.33. The minimum absolute atomic E-state index is 0.0366. The van der Waals surface area contributed by atoms with Crippen LogP contribution in [0.4, 0.5) is 17.6 Å². The van der Waals surface area contributed by atoms with Gasteiger partial charge in [-0.3, -0.25) is 9.13 Å². The van der Waals surface area contributed by atoms with Crippen LogP contribution in [0.25, 0.3) is 16.9 Å². The number of hydrogen-bond acceptors (Lipinski definition) is 6. The first kappa shape index (κ1) is 28.3. The van der Waals surface area contributed by atoms with Gasteiger partial charge in [0.05, 0.1) is 24.5 Å². The number of aromatic nitrogens is 5. The Morgan fingerprint density at radius 2 is 1.74 bits per heavy atom. The van der Waals surface area contributed by atoms with Crippen molar-refractivity contribution in [3.05, 3.63) is 86.2 Å². The average molecular weight is 585 g/mol. The fourth-order valence-corrected chi connectivity index (χ4v) is 4.24. The number of aliphatic hydroxyl groups excluding tert-OH is 2. The SMILES string of the molecule is CC(O)c1nc(Cn2c(C#N)c(-c3ccc(Cl)cc3)n(CC(O)C(F)(F)F)c2=O)nn1-c1cc(F)cc(Cl)c1. The van der Waals surface area contributed by atoms with E-state index in [1.54, 1.807) is 0 Å². The minimum Gasteiger partial charge on any atom is -0.385 e. The van der Waals surface area contributed by atoms with Crippen LogP contribution in [0.3, 0.4) is 0 Å². The molecule has 0 fully saturated rings. The standard InChI is InChI=1S/C24H18Cl2F4N6O3/c1-12(37)22-32-20(33-36(22)17-7-15(26)6-16(27)8-17)11-34-18(9-31)21(13-2-4-14(25)5-3-13)35(23(34)39)10-19(38)24(28,29)30/h2-8,12,19,37-38H,10-11H2,1H3. The third kappa shape index (κ3) is 5.84. The highest BCUT2D eigenvalue weighted by Gasteiger charge is 2.39. The van der Waals surface area contributed by atoms with Gasteiger partial charge in [-0.25, -0.2) is 18.9 Å². The molecule has 0 aliphatic heterocycles. The molecule has 2 aromatic carbocycles. The molecule has 0 amide bonds. The monoisotopic (exact) mass is 584 g/mol. The van der Waals surface area contributed by atoms with Gasteiger partial charge in [0.2, 0.25) is 0 Å². The Hall–Kier alpha value is -3.70. The summed E-state index contributed by atoms with van der Waals surface area (Å²) in [5.74, 6) is -0.869. The summed E-state index contributed by atoms with van der Waals surface area (Å²) in [7, 11) is 0. The van der Waals surface area contributed by atoms with Gasteiger partial charge in [-0.2, -0.15) is 18.4 Å². The molecule has 0 bridgehead atoms. The second-order valence-electron chi connectivity index (χ2n) is 8.45. The van der Waals surface area contributed by atoms with E-state index in [4.69, 9.17) is 23.2 Å². The molecule has 4 aromatic rings. The molecule has 4 rings (SSSR count).